The Bertz CT molecular complexity index is 774. The molecular weight excluding hydrogens is 345 g/mol. The monoisotopic (exact) mass is 369 g/mol. The molecule has 0 spiro atoms. The van der Waals surface area contributed by atoms with Crippen LogP contribution in [0.15, 0.2) is 54.6 Å². The van der Waals surface area contributed by atoms with Gasteiger partial charge in [0.15, 0.2) is 0 Å². The van der Waals surface area contributed by atoms with Gasteiger partial charge in [-0.3, -0.25) is 14.5 Å². The normalized spacial score (nSPS) is 14.8. The number of benzene rings is 2. The molecule has 1 aliphatic rings. The second-order valence-corrected chi connectivity index (χ2v) is 6.65. The lowest BCUT2D eigenvalue weighted by atomic mass is 10.1. The maximum Gasteiger partial charge on any atom is 0.311 e. The summed E-state index contributed by atoms with van der Waals surface area (Å²) in [6, 6.07) is 16.6. The van der Waals surface area contributed by atoms with Gasteiger partial charge in [-0.05, 0) is 23.6 Å². The summed E-state index contributed by atoms with van der Waals surface area (Å²) < 4.78 is 13.6. The van der Waals surface area contributed by atoms with Crippen LogP contribution in [0.4, 0.5) is 4.39 Å². The molecular formula is C21H24FN3O2. The molecule has 5 nitrogen and oxygen atoms in total. The van der Waals surface area contributed by atoms with Crippen LogP contribution in [0, 0.1) is 5.82 Å². The molecule has 142 valence electrons. The fourth-order valence-corrected chi connectivity index (χ4v) is 3.18. The molecule has 1 heterocycles. The summed E-state index contributed by atoms with van der Waals surface area (Å²) in [5, 5.41) is 2.60. The predicted molar refractivity (Wildman–Crippen MR) is 101 cm³/mol. The first-order valence-corrected chi connectivity index (χ1v) is 9.20. The number of piperazine rings is 1. The summed E-state index contributed by atoms with van der Waals surface area (Å²) in [6.07, 6.45) is 0.358. The lowest BCUT2D eigenvalue weighted by Crippen LogP contribution is -2.52. The van der Waals surface area contributed by atoms with Gasteiger partial charge in [-0.1, -0.05) is 48.5 Å². The fraction of sp³-hybridized carbons (Fsp3) is 0.333. The summed E-state index contributed by atoms with van der Waals surface area (Å²) in [5.74, 6) is -1.43. The van der Waals surface area contributed by atoms with Gasteiger partial charge in [-0.2, -0.15) is 0 Å². The number of carbonyl (C=O) groups excluding carboxylic acids is 2. The van der Waals surface area contributed by atoms with Crippen molar-refractivity contribution in [1.29, 1.82) is 0 Å². The molecule has 1 aliphatic heterocycles. The Hall–Kier alpha value is -2.73. The van der Waals surface area contributed by atoms with E-state index >= 15 is 0 Å². The largest absolute Gasteiger partial charge is 0.347 e. The Kier molecular flexibility index (Phi) is 6.54. The van der Waals surface area contributed by atoms with Crippen molar-refractivity contribution in [2.75, 3.05) is 32.7 Å². The lowest BCUT2D eigenvalue weighted by molar-refractivity contribution is -0.147. The molecule has 6 heteroatoms. The molecule has 0 unspecified atom stereocenters. The highest BCUT2D eigenvalue weighted by atomic mass is 19.1. The fourth-order valence-electron chi connectivity index (χ4n) is 3.18. The van der Waals surface area contributed by atoms with E-state index in [1.807, 2.05) is 18.2 Å². The predicted octanol–water partition coefficient (Wildman–Crippen LogP) is 1.83. The van der Waals surface area contributed by atoms with Gasteiger partial charge in [-0.15, -0.1) is 0 Å². The van der Waals surface area contributed by atoms with Gasteiger partial charge in [0.25, 0.3) is 0 Å². The van der Waals surface area contributed by atoms with Crippen LogP contribution in [-0.4, -0.2) is 54.3 Å². The summed E-state index contributed by atoms with van der Waals surface area (Å²) in [5.41, 5.74) is 1.77. The maximum atomic E-state index is 13.6. The molecule has 2 aromatic rings. The Labute approximate surface area is 158 Å². The topological polar surface area (TPSA) is 52.7 Å². The maximum absolute atomic E-state index is 13.6. The van der Waals surface area contributed by atoms with E-state index in [9.17, 15) is 14.0 Å². The van der Waals surface area contributed by atoms with Gasteiger partial charge in [0, 0.05) is 39.3 Å². The van der Waals surface area contributed by atoms with Crippen LogP contribution < -0.4 is 5.32 Å². The summed E-state index contributed by atoms with van der Waals surface area (Å²) in [4.78, 5) is 28.2. The van der Waals surface area contributed by atoms with Gasteiger partial charge in [-0.25, -0.2) is 4.39 Å². The van der Waals surface area contributed by atoms with E-state index in [1.165, 1.54) is 11.6 Å². The number of nitrogens with one attached hydrogen (secondary N) is 1. The molecule has 1 saturated heterocycles. The SMILES string of the molecule is O=C(NCCc1ccccc1F)C(=O)N1CCN(Cc2ccccc2)CC1. The minimum atomic E-state index is -0.622. The third kappa shape index (κ3) is 5.37. The lowest BCUT2D eigenvalue weighted by Gasteiger charge is -2.34. The van der Waals surface area contributed by atoms with Gasteiger partial charge < -0.3 is 10.2 Å². The number of nitrogens with zero attached hydrogens (tertiary/aromatic N) is 2. The Morgan fingerprint density at radius 1 is 0.926 bits per heavy atom. The van der Waals surface area contributed by atoms with Crippen molar-refractivity contribution < 1.29 is 14.0 Å². The van der Waals surface area contributed by atoms with E-state index in [1.54, 1.807) is 23.1 Å². The van der Waals surface area contributed by atoms with Crippen molar-refractivity contribution >= 4 is 11.8 Å². The molecule has 3 rings (SSSR count). The van der Waals surface area contributed by atoms with E-state index < -0.39 is 11.8 Å². The molecule has 1 N–H and O–H groups in total. The summed E-state index contributed by atoms with van der Waals surface area (Å²) in [7, 11) is 0. The molecule has 0 radical (unpaired) electrons. The molecule has 2 aromatic carbocycles. The van der Waals surface area contributed by atoms with Crippen LogP contribution in [0.1, 0.15) is 11.1 Å². The van der Waals surface area contributed by atoms with Crippen LogP contribution >= 0.6 is 0 Å². The zero-order valence-electron chi connectivity index (χ0n) is 15.2. The van der Waals surface area contributed by atoms with Crippen molar-refractivity contribution in [2.24, 2.45) is 0 Å². The Morgan fingerprint density at radius 3 is 2.30 bits per heavy atom. The third-order valence-electron chi connectivity index (χ3n) is 4.74. The first-order valence-electron chi connectivity index (χ1n) is 9.20. The van der Waals surface area contributed by atoms with Crippen LogP contribution in [0.2, 0.25) is 0 Å². The van der Waals surface area contributed by atoms with Crippen molar-refractivity contribution in [3.8, 4) is 0 Å². The number of rotatable bonds is 5. The van der Waals surface area contributed by atoms with Crippen molar-refractivity contribution in [1.82, 2.24) is 15.1 Å². The smallest absolute Gasteiger partial charge is 0.311 e. The number of carbonyl (C=O) groups is 2. The highest BCUT2D eigenvalue weighted by Gasteiger charge is 2.25. The van der Waals surface area contributed by atoms with Crippen LogP contribution in [0.5, 0.6) is 0 Å². The third-order valence-corrected chi connectivity index (χ3v) is 4.74. The minimum Gasteiger partial charge on any atom is -0.347 e. The first-order chi connectivity index (χ1) is 13.1. The van der Waals surface area contributed by atoms with Crippen molar-refractivity contribution in [3.05, 3.63) is 71.5 Å². The van der Waals surface area contributed by atoms with Crippen LogP contribution in [-0.2, 0) is 22.6 Å². The second-order valence-electron chi connectivity index (χ2n) is 6.65. The van der Waals surface area contributed by atoms with Gasteiger partial charge in [0.2, 0.25) is 0 Å². The van der Waals surface area contributed by atoms with E-state index in [0.717, 1.165) is 19.6 Å². The van der Waals surface area contributed by atoms with E-state index in [4.69, 9.17) is 0 Å². The molecule has 0 aliphatic carbocycles. The number of amides is 2. The highest BCUT2D eigenvalue weighted by Crippen LogP contribution is 2.09. The second kappa shape index (κ2) is 9.28. The zero-order valence-corrected chi connectivity index (χ0v) is 15.2. The molecule has 0 bridgehead atoms. The standard InChI is InChI=1S/C21H24FN3O2/c22-19-9-5-4-8-18(19)10-11-23-20(26)21(27)25-14-12-24(13-15-25)16-17-6-2-1-3-7-17/h1-9H,10-16H2,(H,23,26). The number of halogens is 1. The zero-order chi connectivity index (χ0) is 19.1. The molecule has 0 saturated carbocycles. The summed E-state index contributed by atoms with van der Waals surface area (Å²) in [6.45, 7) is 3.63. The molecule has 27 heavy (non-hydrogen) atoms. The van der Waals surface area contributed by atoms with Gasteiger partial charge in [0.1, 0.15) is 5.82 Å². The highest BCUT2D eigenvalue weighted by molar-refractivity contribution is 6.35. The number of hydrogen-bond donors (Lipinski definition) is 1. The Balaban J connectivity index is 1.40. The van der Waals surface area contributed by atoms with E-state index in [-0.39, 0.29) is 12.4 Å². The molecule has 0 atom stereocenters. The van der Waals surface area contributed by atoms with E-state index in [0.29, 0.717) is 25.1 Å². The molecule has 1 fully saturated rings. The molecule has 0 aromatic heterocycles. The first kappa shape index (κ1) is 19.0. The average Bonchev–Trinajstić information content (AvgIpc) is 2.70. The van der Waals surface area contributed by atoms with Crippen molar-refractivity contribution in [3.63, 3.8) is 0 Å². The Morgan fingerprint density at radius 2 is 1.59 bits per heavy atom. The van der Waals surface area contributed by atoms with Gasteiger partial charge in [0.05, 0.1) is 0 Å². The minimum absolute atomic E-state index is 0.236. The average molecular weight is 369 g/mol. The number of hydrogen-bond acceptors (Lipinski definition) is 3. The molecule has 2 amide bonds. The van der Waals surface area contributed by atoms with Crippen molar-refractivity contribution in [2.45, 2.75) is 13.0 Å². The quantitative estimate of drug-likeness (QED) is 0.818. The summed E-state index contributed by atoms with van der Waals surface area (Å²) >= 11 is 0. The van der Waals surface area contributed by atoms with E-state index in [2.05, 4.69) is 22.3 Å². The van der Waals surface area contributed by atoms with Gasteiger partial charge >= 0.3 is 11.8 Å². The van der Waals surface area contributed by atoms with Crippen LogP contribution in [0.3, 0.4) is 0 Å². The van der Waals surface area contributed by atoms with Crippen LogP contribution in [0.25, 0.3) is 0 Å².